The van der Waals surface area contributed by atoms with Gasteiger partial charge in [0.1, 0.15) is 5.82 Å². The van der Waals surface area contributed by atoms with Crippen molar-refractivity contribution < 1.29 is 12.8 Å². The third-order valence-corrected chi connectivity index (χ3v) is 6.71. The summed E-state index contributed by atoms with van der Waals surface area (Å²) in [6.45, 7) is 6.79. The summed E-state index contributed by atoms with van der Waals surface area (Å²) >= 11 is 0. The highest BCUT2D eigenvalue weighted by Crippen LogP contribution is 2.37. The lowest BCUT2D eigenvalue weighted by Gasteiger charge is -2.25. The molecule has 1 atom stereocenters. The Hall–Kier alpha value is -1.72. The normalized spacial score (nSPS) is 19.3. The topological polar surface area (TPSA) is 37.4 Å². The zero-order chi connectivity index (χ0) is 18.2. The molecule has 1 fully saturated rings. The van der Waals surface area contributed by atoms with E-state index in [4.69, 9.17) is 0 Å². The van der Waals surface area contributed by atoms with E-state index in [2.05, 4.69) is 20.8 Å². The molecule has 0 aliphatic carbocycles. The summed E-state index contributed by atoms with van der Waals surface area (Å²) in [5, 5.41) is 0. The van der Waals surface area contributed by atoms with Crippen LogP contribution in [-0.2, 0) is 15.4 Å². The van der Waals surface area contributed by atoms with Crippen molar-refractivity contribution in [2.75, 3.05) is 6.54 Å². The standard InChI is InChI=1S/C20H24FNO2S/c1-20(2,3)16-8-12-18(13-9-16)25(23,24)22-14-4-5-19(22)15-6-10-17(21)11-7-15/h6-13,19H,4-5,14H2,1-3H3. The van der Waals surface area contributed by atoms with Gasteiger partial charge in [-0.1, -0.05) is 45.0 Å². The Labute approximate surface area is 149 Å². The van der Waals surface area contributed by atoms with E-state index in [0.29, 0.717) is 11.4 Å². The van der Waals surface area contributed by atoms with Gasteiger partial charge < -0.3 is 0 Å². The molecule has 1 aliphatic rings. The largest absolute Gasteiger partial charge is 0.243 e. The Kier molecular flexibility index (Phi) is 4.73. The fraction of sp³-hybridized carbons (Fsp3) is 0.400. The Morgan fingerprint density at radius 3 is 2.16 bits per heavy atom. The highest BCUT2D eigenvalue weighted by molar-refractivity contribution is 7.89. The third kappa shape index (κ3) is 3.62. The zero-order valence-electron chi connectivity index (χ0n) is 14.9. The Bertz CT molecular complexity index is 837. The maximum absolute atomic E-state index is 13.2. The summed E-state index contributed by atoms with van der Waals surface area (Å²) in [6.07, 6.45) is 1.56. The number of sulfonamides is 1. The van der Waals surface area contributed by atoms with Crippen LogP contribution in [0.3, 0.4) is 0 Å². The summed E-state index contributed by atoms with van der Waals surface area (Å²) in [4.78, 5) is 0.314. The summed E-state index contributed by atoms with van der Waals surface area (Å²) < 4.78 is 40.9. The lowest BCUT2D eigenvalue weighted by atomic mass is 9.87. The molecule has 0 saturated carbocycles. The number of rotatable bonds is 3. The summed E-state index contributed by atoms with van der Waals surface area (Å²) in [6, 6.07) is 13.0. The van der Waals surface area contributed by atoms with Crippen LogP contribution < -0.4 is 0 Å². The van der Waals surface area contributed by atoms with Crippen LogP contribution in [0.25, 0.3) is 0 Å². The molecule has 1 unspecified atom stereocenters. The molecule has 0 amide bonds. The first-order valence-electron chi connectivity index (χ1n) is 8.57. The fourth-order valence-electron chi connectivity index (χ4n) is 3.31. The van der Waals surface area contributed by atoms with E-state index >= 15 is 0 Å². The van der Waals surface area contributed by atoms with Crippen LogP contribution in [0.1, 0.15) is 50.8 Å². The minimum Gasteiger partial charge on any atom is -0.207 e. The first-order chi connectivity index (χ1) is 11.7. The molecule has 1 heterocycles. The predicted octanol–water partition coefficient (Wildman–Crippen LogP) is 4.65. The zero-order valence-corrected chi connectivity index (χ0v) is 15.7. The molecule has 0 N–H and O–H groups in total. The highest BCUT2D eigenvalue weighted by Gasteiger charge is 2.36. The SMILES string of the molecule is CC(C)(C)c1ccc(S(=O)(=O)N2CCCC2c2ccc(F)cc2)cc1. The van der Waals surface area contributed by atoms with E-state index in [1.54, 1.807) is 28.6 Å². The van der Waals surface area contributed by atoms with Gasteiger partial charge in [0.25, 0.3) is 0 Å². The van der Waals surface area contributed by atoms with Crippen LogP contribution in [0, 0.1) is 5.82 Å². The smallest absolute Gasteiger partial charge is 0.207 e. The average Bonchev–Trinajstić information content (AvgIpc) is 3.05. The number of nitrogens with zero attached hydrogens (tertiary/aromatic N) is 1. The number of hydrogen-bond acceptors (Lipinski definition) is 2. The van der Waals surface area contributed by atoms with Gasteiger partial charge >= 0.3 is 0 Å². The van der Waals surface area contributed by atoms with Gasteiger partial charge in [-0.15, -0.1) is 0 Å². The Morgan fingerprint density at radius 2 is 1.60 bits per heavy atom. The van der Waals surface area contributed by atoms with E-state index in [1.807, 2.05) is 12.1 Å². The molecular weight excluding hydrogens is 337 g/mol. The minimum absolute atomic E-state index is 0.0212. The minimum atomic E-state index is -3.57. The van der Waals surface area contributed by atoms with Crippen molar-refractivity contribution in [3.8, 4) is 0 Å². The molecule has 0 aromatic heterocycles. The van der Waals surface area contributed by atoms with Gasteiger partial charge in [-0.05, 0) is 53.6 Å². The second kappa shape index (κ2) is 6.54. The molecule has 1 saturated heterocycles. The van der Waals surface area contributed by atoms with Crippen molar-refractivity contribution in [1.29, 1.82) is 0 Å². The first kappa shape index (κ1) is 18.1. The van der Waals surface area contributed by atoms with E-state index in [1.165, 1.54) is 12.1 Å². The molecule has 134 valence electrons. The van der Waals surface area contributed by atoms with Gasteiger partial charge in [0.2, 0.25) is 10.0 Å². The van der Waals surface area contributed by atoms with E-state index in [-0.39, 0.29) is 17.3 Å². The van der Waals surface area contributed by atoms with Crippen molar-refractivity contribution in [2.45, 2.75) is 50.0 Å². The van der Waals surface area contributed by atoms with Crippen LogP contribution in [0.4, 0.5) is 4.39 Å². The number of benzene rings is 2. The molecule has 0 spiro atoms. The van der Waals surface area contributed by atoms with Crippen LogP contribution in [0.15, 0.2) is 53.4 Å². The van der Waals surface area contributed by atoms with Crippen molar-refractivity contribution in [3.63, 3.8) is 0 Å². The second-order valence-electron chi connectivity index (χ2n) is 7.60. The lowest BCUT2D eigenvalue weighted by Crippen LogP contribution is -2.30. The molecule has 25 heavy (non-hydrogen) atoms. The van der Waals surface area contributed by atoms with Crippen LogP contribution >= 0.6 is 0 Å². The third-order valence-electron chi connectivity index (χ3n) is 4.79. The van der Waals surface area contributed by atoms with Gasteiger partial charge in [-0.2, -0.15) is 4.31 Å². The first-order valence-corrected chi connectivity index (χ1v) is 10.0. The summed E-state index contributed by atoms with van der Waals surface area (Å²) in [5.74, 6) is -0.311. The molecule has 0 radical (unpaired) electrons. The van der Waals surface area contributed by atoms with Crippen LogP contribution in [-0.4, -0.2) is 19.3 Å². The van der Waals surface area contributed by atoms with Crippen LogP contribution in [0.5, 0.6) is 0 Å². The van der Waals surface area contributed by atoms with Crippen molar-refractivity contribution in [2.24, 2.45) is 0 Å². The molecule has 0 bridgehead atoms. The number of halogens is 1. The Balaban J connectivity index is 1.92. The molecule has 3 rings (SSSR count). The quantitative estimate of drug-likeness (QED) is 0.798. The maximum Gasteiger partial charge on any atom is 0.243 e. The average molecular weight is 361 g/mol. The number of hydrogen-bond donors (Lipinski definition) is 0. The molecule has 5 heteroatoms. The van der Waals surface area contributed by atoms with Crippen molar-refractivity contribution in [3.05, 3.63) is 65.5 Å². The second-order valence-corrected chi connectivity index (χ2v) is 9.49. The molecule has 1 aliphatic heterocycles. The van der Waals surface area contributed by atoms with Gasteiger partial charge in [0, 0.05) is 6.54 Å². The monoisotopic (exact) mass is 361 g/mol. The van der Waals surface area contributed by atoms with Crippen molar-refractivity contribution in [1.82, 2.24) is 4.31 Å². The molecular formula is C20H24FNO2S. The van der Waals surface area contributed by atoms with E-state index < -0.39 is 10.0 Å². The van der Waals surface area contributed by atoms with E-state index in [0.717, 1.165) is 24.0 Å². The maximum atomic E-state index is 13.2. The van der Waals surface area contributed by atoms with Gasteiger partial charge in [0.15, 0.2) is 0 Å². The molecule has 2 aromatic carbocycles. The Morgan fingerprint density at radius 1 is 1.00 bits per heavy atom. The van der Waals surface area contributed by atoms with E-state index in [9.17, 15) is 12.8 Å². The van der Waals surface area contributed by atoms with Gasteiger partial charge in [-0.25, -0.2) is 12.8 Å². The summed E-state index contributed by atoms with van der Waals surface area (Å²) in [5.41, 5.74) is 1.92. The molecule has 2 aromatic rings. The van der Waals surface area contributed by atoms with Crippen LogP contribution in [0.2, 0.25) is 0 Å². The van der Waals surface area contributed by atoms with Crippen molar-refractivity contribution >= 4 is 10.0 Å². The summed E-state index contributed by atoms with van der Waals surface area (Å²) in [7, 11) is -3.57. The fourth-order valence-corrected chi connectivity index (χ4v) is 4.99. The molecule has 3 nitrogen and oxygen atoms in total. The predicted molar refractivity (Wildman–Crippen MR) is 97.4 cm³/mol. The van der Waals surface area contributed by atoms with Gasteiger partial charge in [-0.3, -0.25) is 0 Å². The highest BCUT2D eigenvalue weighted by atomic mass is 32.2. The van der Waals surface area contributed by atoms with Gasteiger partial charge in [0.05, 0.1) is 10.9 Å². The lowest BCUT2D eigenvalue weighted by molar-refractivity contribution is 0.396.